The van der Waals surface area contributed by atoms with Gasteiger partial charge in [0.05, 0.1) is 33.6 Å². The van der Waals surface area contributed by atoms with E-state index in [4.69, 9.17) is 18.9 Å². The van der Waals surface area contributed by atoms with Gasteiger partial charge < -0.3 is 28.7 Å². The Balaban J connectivity index is 1.68. The molecule has 0 spiro atoms. The molecule has 29 heavy (non-hydrogen) atoms. The monoisotopic (exact) mass is 399 g/mol. The highest BCUT2D eigenvalue weighted by Crippen LogP contribution is 2.38. The Bertz CT molecular complexity index is 974. The topological polar surface area (TPSA) is 83.3 Å². The number of benzene rings is 1. The molecule has 1 N–H and O–H groups in total. The highest BCUT2D eigenvalue weighted by atomic mass is 16.5. The third-order valence-electron chi connectivity index (χ3n) is 4.39. The number of rotatable bonds is 9. The number of ether oxygens (including phenoxy) is 4. The fourth-order valence-corrected chi connectivity index (χ4v) is 3.04. The van der Waals surface area contributed by atoms with Crippen LogP contribution in [0.2, 0.25) is 0 Å². The van der Waals surface area contributed by atoms with E-state index in [2.05, 4.69) is 10.3 Å². The molecule has 154 valence electrons. The van der Waals surface area contributed by atoms with Gasteiger partial charge in [-0.05, 0) is 31.2 Å². The number of pyridine rings is 1. The van der Waals surface area contributed by atoms with Crippen LogP contribution in [-0.4, -0.2) is 49.8 Å². The smallest absolute Gasteiger partial charge is 0.251 e. The Hall–Kier alpha value is -3.42. The summed E-state index contributed by atoms with van der Waals surface area (Å²) in [5.74, 6) is 1.81. The number of hydrogen-bond acceptors (Lipinski definition) is 6. The van der Waals surface area contributed by atoms with Gasteiger partial charge in [-0.2, -0.15) is 0 Å². The summed E-state index contributed by atoms with van der Waals surface area (Å²) < 4.78 is 23.4. The van der Waals surface area contributed by atoms with Gasteiger partial charge >= 0.3 is 0 Å². The predicted molar refractivity (Wildman–Crippen MR) is 108 cm³/mol. The highest BCUT2D eigenvalue weighted by Gasteiger charge is 2.17. The number of methoxy groups -OCH3 is 3. The Morgan fingerprint density at radius 1 is 1.10 bits per heavy atom. The molecule has 0 saturated heterocycles. The summed E-state index contributed by atoms with van der Waals surface area (Å²) in [5.41, 5.74) is 2.05. The van der Waals surface area contributed by atoms with Crippen molar-refractivity contribution in [2.24, 2.45) is 0 Å². The first kappa shape index (κ1) is 20.3. The van der Waals surface area contributed by atoms with E-state index in [9.17, 15) is 4.79 Å². The molecule has 0 fully saturated rings. The maximum atomic E-state index is 12.6. The minimum atomic E-state index is -0.233. The number of fused-ring (bicyclic) bond motifs is 1. The number of aromatic nitrogens is 2. The first-order valence-corrected chi connectivity index (χ1v) is 9.28. The average Bonchev–Trinajstić information content (AvgIpc) is 3.16. The molecule has 1 amide bonds. The largest absolute Gasteiger partial charge is 0.493 e. The van der Waals surface area contributed by atoms with E-state index >= 15 is 0 Å². The molecule has 0 aliphatic rings. The number of carbonyl (C=O) groups excluding carboxylic acids is 1. The molecule has 0 bridgehead atoms. The van der Waals surface area contributed by atoms with Crippen LogP contribution < -0.4 is 24.3 Å². The molecule has 8 nitrogen and oxygen atoms in total. The highest BCUT2D eigenvalue weighted by molar-refractivity contribution is 5.95. The van der Waals surface area contributed by atoms with Gasteiger partial charge in [0.25, 0.3) is 5.91 Å². The molecular weight excluding hydrogens is 374 g/mol. The molecule has 0 aliphatic carbocycles. The van der Waals surface area contributed by atoms with Crippen LogP contribution in [0.4, 0.5) is 0 Å². The fraction of sp³-hybridized carbons (Fsp3) is 0.333. The van der Waals surface area contributed by atoms with Gasteiger partial charge in [0, 0.05) is 30.9 Å². The van der Waals surface area contributed by atoms with Gasteiger partial charge in [0.2, 0.25) is 5.75 Å². The average molecular weight is 399 g/mol. The van der Waals surface area contributed by atoms with Crippen LogP contribution in [0.15, 0.2) is 36.7 Å². The van der Waals surface area contributed by atoms with Gasteiger partial charge in [0.15, 0.2) is 22.9 Å². The van der Waals surface area contributed by atoms with Crippen molar-refractivity contribution in [3.63, 3.8) is 0 Å². The normalized spacial score (nSPS) is 10.6. The lowest BCUT2D eigenvalue weighted by Crippen LogP contribution is -2.25. The fourth-order valence-electron chi connectivity index (χ4n) is 3.04. The van der Waals surface area contributed by atoms with Crippen LogP contribution >= 0.6 is 0 Å². The molecule has 0 aliphatic heterocycles. The molecule has 8 heteroatoms. The van der Waals surface area contributed by atoms with E-state index in [1.54, 1.807) is 12.1 Å². The summed E-state index contributed by atoms with van der Waals surface area (Å²) in [6.07, 6.45) is 4.44. The Labute approximate surface area is 169 Å². The van der Waals surface area contributed by atoms with E-state index in [0.717, 1.165) is 17.1 Å². The van der Waals surface area contributed by atoms with E-state index in [1.807, 2.05) is 35.9 Å². The molecule has 0 atom stereocenters. The third kappa shape index (κ3) is 4.37. The summed E-state index contributed by atoms with van der Waals surface area (Å²) in [7, 11) is 4.55. The minimum Gasteiger partial charge on any atom is -0.493 e. The minimum absolute atomic E-state index is 0.233. The maximum absolute atomic E-state index is 12.6. The van der Waals surface area contributed by atoms with Crippen molar-refractivity contribution in [1.82, 2.24) is 14.7 Å². The van der Waals surface area contributed by atoms with Crippen LogP contribution in [0.5, 0.6) is 23.0 Å². The van der Waals surface area contributed by atoms with Crippen LogP contribution in [0, 0.1) is 0 Å². The lowest BCUT2D eigenvalue weighted by atomic mass is 10.1. The molecule has 0 unspecified atom stereocenters. The zero-order chi connectivity index (χ0) is 20.8. The molecule has 2 heterocycles. The number of amides is 1. The van der Waals surface area contributed by atoms with Crippen molar-refractivity contribution in [3.05, 3.63) is 47.9 Å². The molecule has 0 saturated carbocycles. The van der Waals surface area contributed by atoms with Gasteiger partial charge in [0.1, 0.15) is 0 Å². The Morgan fingerprint density at radius 3 is 2.45 bits per heavy atom. The zero-order valence-corrected chi connectivity index (χ0v) is 17.0. The van der Waals surface area contributed by atoms with Gasteiger partial charge in [-0.1, -0.05) is 0 Å². The lowest BCUT2D eigenvalue weighted by molar-refractivity contribution is 0.0953. The first-order chi connectivity index (χ1) is 14.1. The molecule has 2 aromatic heterocycles. The predicted octanol–water partition coefficient (Wildman–Crippen LogP) is 2.73. The number of nitrogens with one attached hydrogen (secondary N) is 1. The van der Waals surface area contributed by atoms with Gasteiger partial charge in [-0.3, -0.25) is 4.79 Å². The van der Waals surface area contributed by atoms with Gasteiger partial charge in [-0.15, -0.1) is 0 Å². The number of imidazole rings is 1. The second-order valence-electron chi connectivity index (χ2n) is 6.19. The summed E-state index contributed by atoms with van der Waals surface area (Å²) in [6.45, 7) is 2.95. The van der Waals surface area contributed by atoms with E-state index in [0.29, 0.717) is 42.4 Å². The first-order valence-electron chi connectivity index (χ1n) is 9.28. The third-order valence-corrected chi connectivity index (χ3v) is 4.39. The van der Waals surface area contributed by atoms with Crippen molar-refractivity contribution < 1.29 is 23.7 Å². The summed E-state index contributed by atoms with van der Waals surface area (Å²) >= 11 is 0. The van der Waals surface area contributed by atoms with Crippen LogP contribution in [0.25, 0.3) is 5.65 Å². The zero-order valence-electron chi connectivity index (χ0n) is 17.0. The van der Waals surface area contributed by atoms with E-state index < -0.39 is 0 Å². The summed E-state index contributed by atoms with van der Waals surface area (Å²) in [6, 6.07) is 7.05. The number of hydrogen-bond donors (Lipinski definition) is 1. The van der Waals surface area contributed by atoms with Crippen LogP contribution in [0.3, 0.4) is 0 Å². The maximum Gasteiger partial charge on any atom is 0.251 e. The van der Waals surface area contributed by atoms with Crippen molar-refractivity contribution in [2.45, 2.75) is 13.3 Å². The van der Waals surface area contributed by atoms with Crippen molar-refractivity contribution >= 4 is 11.6 Å². The summed E-state index contributed by atoms with van der Waals surface area (Å²) in [4.78, 5) is 17.2. The molecule has 0 radical (unpaired) electrons. The molecule has 3 aromatic rings. The SMILES string of the molecule is CCOc1cccn2cc(CCNC(=O)c3cc(OC)c(OC)c(OC)c3)nc12. The number of nitrogens with zero attached hydrogens (tertiary/aromatic N) is 2. The Morgan fingerprint density at radius 2 is 1.83 bits per heavy atom. The van der Waals surface area contributed by atoms with E-state index in [-0.39, 0.29) is 5.91 Å². The Kier molecular flexibility index (Phi) is 6.43. The molecular formula is C21H25N3O5. The molecule has 3 rings (SSSR count). The second-order valence-corrected chi connectivity index (χ2v) is 6.19. The van der Waals surface area contributed by atoms with E-state index in [1.165, 1.54) is 21.3 Å². The van der Waals surface area contributed by atoms with Crippen LogP contribution in [0.1, 0.15) is 23.0 Å². The van der Waals surface area contributed by atoms with Crippen LogP contribution in [-0.2, 0) is 6.42 Å². The molecule has 1 aromatic carbocycles. The summed E-state index contributed by atoms with van der Waals surface area (Å²) in [5, 5.41) is 2.90. The van der Waals surface area contributed by atoms with Crippen molar-refractivity contribution in [2.75, 3.05) is 34.5 Å². The lowest BCUT2D eigenvalue weighted by Gasteiger charge is -2.14. The standard InChI is InChI=1S/C21H25N3O5/c1-5-29-16-7-6-10-24-13-15(23-20(16)24)8-9-22-21(25)14-11-17(26-2)19(28-4)18(12-14)27-3/h6-7,10-13H,5,8-9H2,1-4H3,(H,22,25). The van der Waals surface area contributed by atoms with Crippen molar-refractivity contribution in [3.8, 4) is 23.0 Å². The quantitative estimate of drug-likeness (QED) is 0.596. The van der Waals surface area contributed by atoms with Gasteiger partial charge in [-0.25, -0.2) is 4.98 Å². The second kappa shape index (κ2) is 9.18. The van der Waals surface area contributed by atoms with Crippen molar-refractivity contribution in [1.29, 1.82) is 0 Å². The number of carbonyl (C=O) groups is 1.